The molecule has 140 valence electrons. The fraction of sp³-hybridized carbons (Fsp3) is 0.500. The monoisotopic (exact) mass is 376 g/mol. The predicted molar refractivity (Wildman–Crippen MR) is 99.9 cm³/mol. The third kappa shape index (κ3) is 4.37. The highest BCUT2D eigenvalue weighted by molar-refractivity contribution is 8.00. The third-order valence-corrected chi connectivity index (χ3v) is 5.83. The van der Waals surface area contributed by atoms with Gasteiger partial charge in [0.05, 0.1) is 17.9 Å². The molecule has 2 aliphatic heterocycles. The van der Waals surface area contributed by atoms with Gasteiger partial charge in [0.1, 0.15) is 0 Å². The second kappa shape index (κ2) is 8.55. The van der Waals surface area contributed by atoms with Crippen LogP contribution in [0.1, 0.15) is 23.2 Å². The van der Waals surface area contributed by atoms with Crippen LogP contribution in [0.15, 0.2) is 29.2 Å². The summed E-state index contributed by atoms with van der Waals surface area (Å²) in [4.78, 5) is 40.8. The zero-order chi connectivity index (χ0) is 18.5. The first kappa shape index (κ1) is 18.7. The Balaban J connectivity index is 1.71. The van der Waals surface area contributed by atoms with Gasteiger partial charge < -0.3 is 20.9 Å². The van der Waals surface area contributed by atoms with Crippen LogP contribution in [-0.4, -0.2) is 72.0 Å². The number of nitrogens with two attached hydrogens (primary N) is 1. The van der Waals surface area contributed by atoms with Crippen LogP contribution >= 0.6 is 11.8 Å². The number of piperidine rings is 1. The van der Waals surface area contributed by atoms with E-state index in [0.29, 0.717) is 31.7 Å². The maximum absolute atomic E-state index is 13.1. The SMILES string of the molecule is NC(=O)CSc1ccccc1C(=O)N1CCCC(N2CCNCC2=O)C1. The van der Waals surface area contributed by atoms with Crippen LogP contribution in [0.2, 0.25) is 0 Å². The Labute approximate surface area is 157 Å². The number of hydrogen-bond donors (Lipinski definition) is 2. The van der Waals surface area contributed by atoms with E-state index >= 15 is 0 Å². The molecule has 0 aliphatic carbocycles. The summed E-state index contributed by atoms with van der Waals surface area (Å²) >= 11 is 1.28. The van der Waals surface area contributed by atoms with Gasteiger partial charge in [0.2, 0.25) is 11.8 Å². The van der Waals surface area contributed by atoms with Crippen LogP contribution in [-0.2, 0) is 9.59 Å². The number of rotatable bonds is 5. The standard InChI is InChI=1S/C18H24N4O3S/c19-16(23)12-26-15-6-2-1-5-14(15)18(25)21-8-3-4-13(11-21)22-9-7-20-10-17(22)24/h1-2,5-6,13,20H,3-4,7-12H2,(H2,19,23). The number of amides is 3. The summed E-state index contributed by atoms with van der Waals surface area (Å²) < 4.78 is 0. The van der Waals surface area contributed by atoms with Crippen molar-refractivity contribution in [2.75, 3.05) is 38.5 Å². The quantitative estimate of drug-likeness (QED) is 0.721. The largest absolute Gasteiger partial charge is 0.369 e. The molecule has 2 aliphatic rings. The summed E-state index contributed by atoms with van der Waals surface area (Å²) in [5, 5.41) is 3.08. The van der Waals surface area contributed by atoms with Gasteiger partial charge in [0, 0.05) is 37.1 Å². The van der Waals surface area contributed by atoms with E-state index in [-0.39, 0.29) is 23.6 Å². The van der Waals surface area contributed by atoms with E-state index in [1.807, 2.05) is 28.0 Å². The van der Waals surface area contributed by atoms with Crippen LogP contribution in [0.5, 0.6) is 0 Å². The molecular weight excluding hydrogens is 352 g/mol. The molecule has 1 aromatic carbocycles. The molecule has 1 unspecified atom stereocenters. The van der Waals surface area contributed by atoms with E-state index in [2.05, 4.69) is 5.32 Å². The van der Waals surface area contributed by atoms with E-state index in [1.54, 1.807) is 6.07 Å². The number of nitrogens with zero attached hydrogens (tertiary/aromatic N) is 2. The van der Waals surface area contributed by atoms with Gasteiger partial charge in [-0.1, -0.05) is 12.1 Å². The molecule has 3 N–H and O–H groups in total. The van der Waals surface area contributed by atoms with E-state index in [9.17, 15) is 14.4 Å². The summed E-state index contributed by atoms with van der Waals surface area (Å²) in [5.74, 6) is -0.215. The molecule has 3 amide bonds. The average Bonchev–Trinajstić information content (AvgIpc) is 2.66. The second-order valence-corrected chi connectivity index (χ2v) is 7.58. The van der Waals surface area contributed by atoms with Gasteiger partial charge in [0.25, 0.3) is 5.91 Å². The van der Waals surface area contributed by atoms with Crippen molar-refractivity contribution in [1.29, 1.82) is 0 Å². The summed E-state index contributed by atoms with van der Waals surface area (Å²) in [6, 6.07) is 7.36. The summed E-state index contributed by atoms with van der Waals surface area (Å²) in [6.07, 6.45) is 1.80. The molecule has 0 spiro atoms. The van der Waals surface area contributed by atoms with E-state index < -0.39 is 5.91 Å². The van der Waals surface area contributed by atoms with E-state index in [0.717, 1.165) is 24.3 Å². The number of piperazine rings is 1. The lowest BCUT2D eigenvalue weighted by molar-refractivity contribution is -0.135. The first-order valence-electron chi connectivity index (χ1n) is 8.86. The summed E-state index contributed by atoms with van der Waals surface area (Å²) in [5.41, 5.74) is 5.81. The number of nitrogens with one attached hydrogen (secondary N) is 1. The minimum atomic E-state index is -0.410. The highest BCUT2D eigenvalue weighted by Gasteiger charge is 2.32. The van der Waals surface area contributed by atoms with E-state index in [4.69, 9.17) is 5.73 Å². The maximum Gasteiger partial charge on any atom is 0.255 e. The van der Waals surface area contributed by atoms with Gasteiger partial charge in [-0.3, -0.25) is 14.4 Å². The molecule has 2 heterocycles. The molecule has 3 rings (SSSR count). The van der Waals surface area contributed by atoms with Gasteiger partial charge in [-0.2, -0.15) is 0 Å². The van der Waals surface area contributed by atoms with Crippen LogP contribution in [0.25, 0.3) is 0 Å². The summed E-state index contributed by atoms with van der Waals surface area (Å²) in [6.45, 7) is 3.10. The number of hydrogen-bond acceptors (Lipinski definition) is 5. The van der Waals surface area contributed by atoms with Crippen molar-refractivity contribution in [3.05, 3.63) is 29.8 Å². The molecule has 0 aromatic heterocycles. The smallest absolute Gasteiger partial charge is 0.255 e. The number of benzene rings is 1. The molecule has 0 radical (unpaired) electrons. The molecule has 2 saturated heterocycles. The van der Waals surface area contributed by atoms with Crippen molar-refractivity contribution in [3.63, 3.8) is 0 Å². The first-order valence-corrected chi connectivity index (χ1v) is 9.84. The lowest BCUT2D eigenvalue weighted by Crippen LogP contribution is -2.57. The van der Waals surface area contributed by atoms with Crippen molar-refractivity contribution < 1.29 is 14.4 Å². The Morgan fingerprint density at radius 3 is 2.85 bits per heavy atom. The Hall–Kier alpha value is -2.06. The zero-order valence-electron chi connectivity index (χ0n) is 14.6. The summed E-state index contributed by atoms with van der Waals surface area (Å²) in [7, 11) is 0. The molecule has 26 heavy (non-hydrogen) atoms. The number of primary amides is 1. The highest BCUT2D eigenvalue weighted by Crippen LogP contribution is 2.25. The number of thioether (sulfide) groups is 1. The van der Waals surface area contributed by atoms with Gasteiger partial charge in [0.15, 0.2) is 0 Å². The molecule has 2 fully saturated rings. The van der Waals surface area contributed by atoms with Crippen molar-refractivity contribution in [3.8, 4) is 0 Å². The molecular formula is C18H24N4O3S. The number of likely N-dealkylation sites (tertiary alicyclic amines) is 1. The fourth-order valence-electron chi connectivity index (χ4n) is 3.49. The minimum Gasteiger partial charge on any atom is -0.369 e. The molecule has 0 bridgehead atoms. The predicted octanol–water partition coefficient (Wildman–Crippen LogP) is 0.300. The third-order valence-electron chi connectivity index (χ3n) is 4.74. The Kier molecular flexibility index (Phi) is 6.16. The van der Waals surface area contributed by atoms with Crippen molar-refractivity contribution in [2.45, 2.75) is 23.8 Å². The normalized spacial score (nSPS) is 20.9. The maximum atomic E-state index is 13.1. The van der Waals surface area contributed by atoms with Gasteiger partial charge in [-0.05, 0) is 25.0 Å². The number of carbonyl (C=O) groups is 3. The lowest BCUT2D eigenvalue weighted by Gasteiger charge is -2.41. The Morgan fingerprint density at radius 2 is 2.08 bits per heavy atom. The Bertz CT molecular complexity index is 697. The van der Waals surface area contributed by atoms with Crippen molar-refractivity contribution in [1.82, 2.24) is 15.1 Å². The molecule has 1 atom stereocenters. The topological polar surface area (TPSA) is 95.7 Å². The minimum absolute atomic E-state index is 0.0511. The number of carbonyl (C=O) groups excluding carboxylic acids is 3. The van der Waals surface area contributed by atoms with Gasteiger partial charge >= 0.3 is 0 Å². The molecule has 8 heteroatoms. The molecule has 0 saturated carbocycles. The fourth-order valence-corrected chi connectivity index (χ4v) is 4.27. The van der Waals surface area contributed by atoms with Crippen molar-refractivity contribution >= 4 is 29.5 Å². The lowest BCUT2D eigenvalue weighted by atomic mass is 10.0. The molecule has 1 aromatic rings. The zero-order valence-corrected chi connectivity index (χ0v) is 15.5. The van der Waals surface area contributed by atoms with Crippen LogP contribution in [0.4, 0.5) is 0 Å². The highest BCUT2D eigenvalue weighted by atomic mass is 32.2. The molecule has 7 nitrogen and oxygen atoms in total. The van der Waals surface area contributed by atoms with Crippen molar-refractivity contribution in [2.24, 2.45) is 5.73 Å². The second-order valence-electron chi connectivity index (χ2n) is 6.56. The van der Waals surface area contributed by atoms with Gasteiger partial charge in [-0.25, -0.2) is 0 Å². The van der Waals surface area contributed by atoms with Crippen LogP contribution < -0.4 is 11.1 Å². The average molecular weight is 376 g/mol. The van der Waals surface area contributed by atoms with E-state index in [1.165, 1.54) is 11.8 Å². The Morgan fingerprint density at radius 1 is 1.27 bits per heavy atom. The first-order chi connectivity index (χ1) is 12.6. The van der Waals surface area contributed by atoms with Gasteiger partial charge in [-0.15, -0.1) is 11.8 Å². The van der Waals surface area contributed by atoms with Crippen LogP contribution in [0, 0.1) is 0 Å². The van der Waals surface area contributed by atoms with Crippen LogP contribution in [0.3, 0.4) is 0 Å².